The van der Waals surface area contributed by atoms with Crippen molar-refractivity contribution < 1.29 is 14.3 Å². The van der Waals surface area contributed by atoms with Gasteiger partial charge in [-0.1, -0.05) is 37.1 Å². The van der Waals surface area contributed by atoms with Gasteiger partial charge >= 0.3 is 12.1 Å². The highest BCUT2D eigenvalue weighted by atomic mass is 16.6. The first kappa shape index (κ1) is 27.3. The second-order valence-corrected chi connectivity index (χ2v) is 11.9. The Labute approximate surface area is 229 Å². The predicted molar refractivity (Wildman–Crippen MR) is 150 cm³/mol. The molecule has 1 spiro atoms. The van der Waals surface area contributed by atoms with Gasteiger partial charge in [0.15, 0.2) is 0 Å². The van der Waals surface area contributed by atoms with E-state index < -0.39 is 0 Å². The van der Waals surface area contributed by atoms with Crippen LogP contribution in [-0.4, -0.2) is 89.2 Å². The monoisotopic (exact) mass is 524 g/mol. The molecule has 4 heterocycles. The molecule has 3 fully saturated rings. The van der Waals surface area contributed by atoms with E-state index in [0.717, 1.165) is 77.7 Å². The molecule has 3 amide bonds. The molecule has 4 aliphatic heterocycles. The van der Waals surface area contributed by atoms with Gasteiger partial charge in [-0.05, 0) is 89.9 Å². The van der Waals surface area contributed by atoms with Gasteiger partial charge < -0.3 is 24.3 Å². The largest absolute Gasteiger partial charge is 0.450 e. The number of fused-ring (bicyclic) bond motifs is 4. The Morgan fingerprint density at radius 3 is 2.34 bits per heavy atom. The van der Waals surface area contributed by atoms with E-state index in [4.69, 9.17) is 4.74 Å². The highest BCUT2D eigenvalue weighted by Crippen LogP contribution is 2.43. The summed E-state index contributed by atoms with van der Waals surface area (Å²) in [7, 11) is 0. The van der Waals surface area contributed by atoms with Crippen LogP contribution >= 0.6 is 0 Å². The Bertz CT molecular complexity index is 972. The summed E-state index contributed by atoms with van der Waals surface area (Å²) in [4.78, 5) is 35.3. The number of amides is 3. The molecule has 5 rings (SSSR count). The van der Waals surface area contributed by atoms with Crippen molar-refractivity contribution in [3.63, 3.8) is 0 Å². The van der Waals surface area contributed by atoms with Crippen LogP contribution in [0.2, 0.25) is 0 Å². The number of urea groups is 1. The lowest BCUT2D eigenvalue weighted by Gasteiger charge is -2.50. The van der Waals surface area contributed by atoms with Gasteiger partial charge in [0, 0.05) is 49.7 Å². The molecule has 1 aromatic rings. The van der Waals surface area contributed by atoms with Crippen LogP contribution in [0.5, 0.6) is 0 Å². The Kier molecular flexibility index (Phi) is 8.51. The third kappa shape index (κ3) is 5.28. The minimum absolute atomic E-state index is 0.0310. The minimum Gasteiger partial charge on any atom is -0.450 e. The molecule has 0 aromatic heterocycles. The number of carbonyl (C=O) groups is 2. The standard InChI is InChI=1S/C31H48N4O3/c1-4-32(5-2)29(36)34-22-24-11-7-10-14-28(24)31(23-34)17-19-33(20-18-31)26-16-15-25-12-8-9-13-27(21-26)35(25)30(37)38-6-3/h7,10-11,14,25-27H,4-6,8-9,12-13,15-23H2,1-3H3. The van der Waals surface area contributed by atoms with Crippen molar-refractivity contribution in [3.8, 4) is 0 Å². The van der Waals surface area contributed by atoms with E-state index in [1.807, 2.05) is 11.8 Å². The first-order valence-electron chi connectivity index (χ1n) is 15.3. The molecule has 1 aromatic carbocycles. The number of rotatable bonds is 4. The molecule has 7 nitrogen and oxygen atoms in total. The maximum atomic E-state index is 13.4. The molecule has 0 N–H and O–H groups in total. The third-order valence-electron chi connectivity index (χ3n) is 9.99. The van der Waals surface area contributed by atoms with Crippen LogP contribution in [0, 0.1) is 0 Å². The lowest BCUT2D eigenvalue weighted by Crippen LogP contribution is -2.56. The van der Waals surface area contributed by atoms with Crippen molar-refractivity contribution in [1.82, 2.24) is 19.6 Å². The van der Waals surface area contributed by atoms with Gasteiger partial charge in [0.2, 0.25) is 0 Å². The van der Waals surface area contributed by atoms with Gasteiger partial charge in [-0.15, -0.1) is 0 Å². The highest BCUT2D eigenvalue weighted by molar-refractivity contribution is 5.75. The average Bonchev–Trinajstić information content (AvgIpc) is 3.25. The molecular weight excluding hydrogens is 476 g/mol. The van der Waals surface area contributed by atoms with E-state index in [0.29, 0.717) is 31.3 Å². The minimum atomic E-state index is -0.0978. The molecule has 2 bridgehead atoms. The second-order valence-electron chi connectivity index (χ2n) is 11.9. The second kappa shape index (κ2) is 11.8. The van der Waals surface area contributed by atoms with Crippen LogP contribution in [0.3, 0.4) is 0 Å². The van der Waals surface area contributed by atoms with Gasteiger partial charge in [0.05, 0.1) is 6.61 Å². The van der Waals surface area contributed by atoms with Gasteiger partial charge in [-0.3, -0.25) is 0 Å². The molecule has 3 saturated heterocycles. The average molecular weight is 525 g/mol. The van der Waals surface area contributed by atoms with Crippen LogP contribution in [0.25, 0.3) is 0 Å². The first-order chi connectivity index (χ1) is 18.5. The summed E-state index contributed by atoms with van der Waals surface area (Å²) in [6.07, 6.45) is 10.00. The van der Waals surface area contributed by atoms with E-state index in [2.05, 4.69) is 52.8 Å². The summed E-state index contributed by atoms with van der Waals surface area (Å²) in [5.41, 5.74) is 2.81. The molecular formula is C31H48N4O3. The number of carbonyl (C=O) groups excluding carboxylic acids is 2. The lowest BCUT2D eigenvalue weighted by molar-refractivity contribution is 0.0572. The Morgan fingerprint density at radius 1 is 0.947 bits per heavy atom. The topological polar surface area (TPSA) is 56.3 Å². The number of hydrogen-bond donors (Lipinski definition) is 0. The van der Waals surface area contributed by atoms with Crippen LogP contribution in [0.4, 0.5) is 9.59 Å². The molecule has 0 aliphatic carbocycles. The summed E-state index contributed by atoms with van der Waals surface area (Å²) in [5, 5.41) is 0. The van der Waals surface area contributed by atoms with E-state index in [-0.39, 0.29) is 17.5 Å². The molecule has 38 heavy (non-hydrogen) atoms. The normalized spacial score (nSPS) is 27.3. The summed E-state index contributed by atoms with van der Waals surface area (Å²) in [6, 6.07) is 10.2. The summed E-state index contributed by atoms with van der Waals surface area (Å²) >= 11 is 0. The zero-order valence-corrected chi connectivity index (χ0v) is 23.9. The van der Waals surface area contributed by atoms with Gasteiger partial charge in [0.25, 0.3) is 0 Å². The molecule has 0 saturated carbocycles. The van der Waals surface area contributed by atoms with E-state index in [9.17, 15) is 9.59 Å². The van der Waals surface area contributed by atoms with Crippen molar-refractivity contribution in [2.45, 2.75) is 109 Å². The summed E-state index contributed by atoms with van der Waals surface area (Å²) in [5.74, 6) is 0. The van der Waals surface area contributed by atoms with Crippen LogP contribution < -0.4 is 0 Å². The van der Waals surface area contributed by atoms with Crippen LogP contribution in [-0.2, 0) is 16.7 Å². The fourth-order valence-electron chi connectivity index (χ4n) is 7.96. The van der Waals surface area contributed by atoms with Gasteiger partial charge in [-0.2, -0.15) is 0 Å². The first-order valence-corrected chi connectivity index (χ1v) is 15.3. The fourth-order valence-corrected chi connectivity index (χ4v) is 7.96. The summed E-state index contributed by atoms with van der Waals surface area (Å²) < 4.78 is 5.52. The van der Waals surface area contributed by atoms with Gasteiger partial charge in [0.1, 0.15) is 0 Å². The van der Waals surface area contributed by atoms with Crippen LogP contribution in [0.15, 0.2) is 24.3 Å². The Hall–Kier alpha value is -2.28. The number of benzene rings is 1. The highest BCUT2D eigenvalue weighted by Gasteiger charge is 2.46. The quantitative estimate of drug-likeness (QED) is 0.513. The SMILES string of the molecule is CCOC(=O)N1C2CCCCC1CC(N1CCC3(CC1)CN(C(=O)N(CC)CC)Cc1ccccc13)CC2. The molecule has 4 aliphatic rings. The number of likely N-dealkylation sites (tertiary alicyclic amines) is 1. The number of hydrogen-bond acceptors (Lipinski definition) is 4. The van der Waals surface area contributed by atoms with Gasteiger partial charge in [-0.25, -0.2) is 9.59 Å². The lowest BCUT2D eigenvalue weighted by atomic mass is 9.68. The van der Waals surface area contributed by atoms with E-state index in [1.165, 1.54) is 24.0 Å². The Balaban J connectivity index is 1.31. The van der Waals surface area contributed by atoms with Crippen molar-refractivity contribution in [3.05, 3.63) is 35.4 Å². The predicted octanol–water partition coefficient (Wildman–Crippen LogP) is 5.62. The van der Waals surface area contributed by atoms with E-state index >= 15 is 0 Å². The van der Waals surface area contributed by atoms with Crippen molar-refractivity contribution in [1.29, 1.82) is 0 Å². The van der Waals surface area contributed by atoms with Crippen LogP contribution in [0.1, 0.15) is 89.7 Å². The molecule has 3 atom stereocenters. The molecule has 3 unspecified atom stereocenters. The van der Waals surface area contributed by atoms with Crippen molar-refractivity contribution >= 4 is 12.1 Å². The fraction of sp³-hybridized carbons (Fsp3) is 0.742. The summed E-state index contributed by atoms with van der Waals surface area (Å²) in [6.45, 7) is 11.6. The zero-order valence-electron chi connectivity index (χ0n) is 23.9. The third-order valence-corrected chi connectivity index (χ3v) is 9.99. The maximum absolute atomic E-state index is 13.4. The number of nitrogens with zero attached hydrogens (tertiary/aromatic N) is 4. The number of piperidine rings is 1. The molecule has 7 heteroatoms. The molecule has 210 valence electrons. The van der Waals surface area contributed by atoms with Crippen molar-refractivity contribution in [2.75, 3.05) is 39.3 Å². The Morgan fingerprint density at radius 2 is 1.63 bits per heavy atom. The van der Waals surface area contributed by atoms with Crippen molar-refractivity contribution in [2.24, 2.45) is 0 Å². The number of ether oxygens (including phenoxy) is 1. The zero-order chi connectivity index (χ0) is 26.7. The van der Waals surface area contributed by atoms with E-state index in [1.54, 1.807) is 0 Å². The molecule has 0 radical (unpaired) electrons. The smallest absolute Gasteiger partial charge is 0.410 e. The maximum Gasteiger partial charge on any atom is 0.410 e.